The van der Waals surface area contributed by atoms with Gasteiger partial charge in [0.25, 0.3) is 0 Å². The first-order chi connectivity index (χ1) is 18.2. The summed E-state index contributed by atoms with van der Waals surface area (Å²) in [6.45, 7) is 4.62. The van der Waals surface area contributed by atoms with Gasteiger partial charge < -0.3 is 68.6 Å². The SMILES string of the molecule is CN(C)CCCN(C)CC(=O)[O-].CN(CCC[N+](C)(C)CC(=O)[O-])CC(=O)[O-].C[N-]CCC[N+](C)(C)CC(=O)[O-].[Co].[Co].[Co].[Co].[Co].[Co]. The van der Waals surface area contributed by atoms with E-state index in [1.54, 1.807) is 45.0 Å². The van der Waals surface area contributed by atoms with E-state index in [4.69, 9.17) is 0 Å². The van der Waals surface area contributed by atoms with Gasteiger partial charge in [-0.25, -0.2) is 0 Å². The second kappa shape index (κ2) is 40.1. The second-order valence-electron chi connectivity index (χ2n) is 11.5. The number of carboxylic acids is 4. The molecule has 20 heteroatoms. The summed E-state index contributed by atoms with van der Waals surface area (Å²) < 4.78 is 0.805. The van der Waals surface area contributed by atoms with E-state index in [1.165, 1.54) is 0 Å². The van der Waals surface area contributed by atoms with Crippen LogP contribution in [0.25, 0.3) is 5.32 Å². The van der Waals surface area contributed by atoms with Crippen LogP contribution < -0.4 is 20.4 Å². The molecule has 0 atom stereocenters. The monoisotopic (exact) mass is 931 g/mol. The molecule has 46 heavy (non-hydrogen) atoms. The van der Waals surface area contributed by atoms with Crippen LogP contribution in [0.3, 0.4) is 0 Å². The maximum Gasteiger partial charge on any atom is 0.119 e. The Kier molecular flexibility index (Phi) is 59.8. The summed E-state index contributed by atoms with van der Waals surface area (Å²) in [7, 11) is 16.6. The van der Waals surface area contributed by atoms with Crippen LogP contribution in [0, 0.1) is 0 Å². The molecule has 0 amide bonds. The van der Waals surface area contributed by atoms with Crippen LogP contribution in [0.5, 0.6) is 0 Å². The van der Waals surface area contributed by atoms with E-state index in [2.05, 4.69) is 10.2 Å². The van der Waals surface area contributed by atoms with Crippen molar-refractivity contribution in [1.82, 2.24) is 14.7 Å². The molecule has 0 aromatic rings. The Morgan fingerprint density at radius 1 is 0.543 bits per heavy atom. The van der Waals surface area contributed by atoms with E-state index in [-0.39, 0.29) is 127 Å². The summed E-state index contributed by atoms with van der Waals surface area (Å²) in [6, 6.07) is 0. The molecule has 0 saturated carbocycles. The summed E-state index contributed by atoms with van der Waals surface area (Å²) in [5, 5.41) is 45.1. The molecule has 0 unspecified atom stereocenters. The Labute approximate surface area is 338 Å². The third-order valence-corrected chi connectivity index (χ3v) is 5.51. The fraction of sp³-hybridized carbons (Fsp3) is 0.846. The van der Waals surface area contributed by atoms with Gasteiger partial charge in [-0.05, 0) is 54.1 Å². The van der Waals surface area contributed by atoms with Gasteiger partial charge in [0.2, 0.25) is 0 Å². The third kappa shape index (κ3) is 60.0. The van der Waals surface area contributed by atoms with Crippen molar-refractivity contribution >= 4 is 23.9 Å². The topological polar surface area (TPSA) is 184 Å². The van der Waals surface area contributed by atoms with Crippen LogP contribution in [-0.2, 0) is 120 Å². The quantitative estimate of drug-likeness (QED) is 0.0840. The van der Waals surface area contributed by atoms with Crippen molar-refractivity contribution < 1.29 is 149 Å². The minimum Gasteiger partial charge on any atom is -0.665 e. The van der Waals surface area contributed by atoms with Crippen molar-refractivity contribution in [3.63, 3.8) is 0 Å². The zero-order valence-corrected chi connectivity index (χ0v) is 34.4. The molecule has 14 nitrogen and oxygen atoms in total. The van der Waals surface area contributed by atoms with Gasteiger partial charge in [-0.2, -0.15) is 7.05 Å². The van der Waals surface area contributed by atoms with Crippen molar-refractivity contribution in [3.05, 3.63) is 5.32 Å². The molecule has 0 saturated heterocycles. The van der Waals surface area contributed by atoms with Crippen molar-refractivity contribution in [2.45, 2.75) is 19.3 Å². The number of aliphatic carboxylic acids is 4. The van der Waals surface area contributed by atoms with Gasteiger partial charge in [0.1, 0.15) is 13.1 Å². The molecule has 6 radical (unpaired) electrons. The number of quaternary nitrogens is 2. The molecule has 0 fully saturated rings. The van der Waals surface area contributed by atoms with Gasteiger partial charge in [-0.1, -0.05) is 0 Å². The molecule has 0 aliphatic carbocycles. The Balaban J connectivity index is -0.0000000606. The van der Waals surface area contributed by atoms with Crippen molar-refractivity contribution in [3.8, 4) is 0 Å². The van der Waals surface area contributed by atoms with Crippen molar-refractivity contribution in [1.29, 1.82) is 0 Å². The number of nitrogens with zero attached hydrogens (tertiary/aromatic N) is 6. The van der Waals surface area contributed by atoms with E-state index in [1.807, 2.05) is 28.2 Å². The summed E-state index contributed by atoms with van der Waals surface area (Å²) in [5.74, 6) is -4.19. The Morgan fingerprint density at radius 2 is 0.870 bits per heavy atom. The zero-order chi connectivity index (χ0) is 31.9. The van der Waals surface area contributed by atoms with Gasteiger partial charge in [0.05, 0.1) is 65.2 Å². The summed E-state index contributed by atoms with van der Waals surface area (Å²) in [4.78, 5) is 46.6. The first-order valence-electron chi connectivity index (χ1n) is 13.2. The van der Waals surface area contributed by atoms with Crippen molar-refractivity contribution in [2.24, 2.45) is 0 Å². The molecular weight excluding hydrogens is 878 g/mol. The maximum atomic E-state index is 10.4. The van der Waals surface area contributed by atoms with Gasteiger partial charge >= 0.3 is 0 Å². The second-order valence-corrected chi connectivity index (χ2v) is 11.5. The minimum atomic E-state index is -1.11. The van der Waals surface area contributed by atoms with Crippen LogP contribution in [0.4, 0.5) is 0 Å². The molecule has 0 N–H and O–H groups in total. The predicted molar refractivity (Wildman–Crippen MR) is 145 cm³/mol. The number of carboxylic acid groups (broad SMARTS) is 4. The van der Waals surface area contributed by atoms with Crippen molar-refractivity contribution in [2.75, 3.05) is 129 Å². The number of rotatable bonds is 20. The molecule has 292 valence electrons. The van der Waals surface area contributed by atoms with Crippen LogP contribution >= 0.6 is 0 Å². The molecule has 0 heterocycles. The zero-order valence-electron chi connectivity index (χ0n) is 28.1. The van der Waals surface area contributed by atoms with Gasteiger partial charge in [-0.15, -0.1) is 6.54 Å². The largest absolute Gasteiger partial charge is 0.665 e. The van der Waals surface area contributed by atoms with E-state index < -0.39 is 23.9 Å². The molecule has 0 aromatic heterocycles. The maximum absolute atomic E-state index is 10.4. The summed E-state index contributed by atoms with van der Waals surface area (Å²) in [6.07, 6.45) is 2.64. The van der Waals surface area contributed by atoms with Gasteiger partial charge in [-0.3, -0.25) is 0 Å². The standard InChI is InChI=1S/C10H20N2O4.2C8H18N2O2.6Co/c1-11(7-9(13)14)5-4-6-12(2,3)8-10(15)16;1-9-5-4-6-10(2,3)7-8(11)12;1-9(2)5-4-6-10(3)7-8(11)12;;;;;;/h4-8H2,1-3H3,(H-,13,14,15,16);2*4-7H2,1-3H3,(H,11,12);;;;;;/p-3. The third-order valence-electron chi connectivity index (χ3n) is 5.51. The summed E-state index contributed by atoms with van der Waals surface area (Å²) >= 11 is 0. The Hall–Kier alpha value is 0.679. The molecule has 0 spiro atoms. The fourth-order valence-corrected chi connectivity index (χ4v) is 3.54. The van der Waals surface area contributed by atoms with Crippen LogP contribution in [0.15, 0.2) is 0 Å². The summed E-state index contributed by atoms with van der Waals surface area (Å²) in [5.41, 5.74) is 0. The van der Waals surface area contributed by atoms with Crippen LogP contribution in [-0.4, -0.2) is 176 Å². The van der Waals surface area contributed by atoms with E-state index >= 15 is 0 Å². The normalized spacial score (nSPS) is 10.0. The number of likely N-dealkylation sites (N-methyl/N-ethyl adjacent to an activating group) is 4. The average Bonchev–Trinajstić information content (AvgIpc) is 2.71. The van der Waals surface area contributed by atoms with E-state index in [9.17, 15) is 39.6 Å². The van der Waals surface area contributed by atoms with Gasteiger partial charge in [0.15, 0.2) is 0 Å². The minimum absolute atomic E-state index is 0. The van der Waals surface area contributed by atoms with Crippen LogP contribution in [0.1, 0.15) is 19.3 Å². The number of hydrogen-bond acceptors (Lipinski definition) is 11. The first-order valence-corrected chi connectivity index (χ1v) is 13.2. The fourth-order valence-electron chi connectivity index (χ4n) is 3.54. The van der Waals surface area contributed by atoms with E-state index in [0.717, 1.165) is 45.4 Å². The predicted octanol–water partition coefficient (Wildman–Crippen LogP) is -5.30. The number of hydrogen-bond donors (Lipinski definition) is 0. The number of carbonyl (C=O) groups excluding carboxylic acids is 4. The van der Waals surface area contributed by atoms with E-state index in [0.29, 0.717) is 22.1 Å². The molecule has 0 aliphatic rings. The molecule has 0 aliphatic heterocycles. The average molecular weight is 931 g/mol. The molecular formula is C26H53Co6N6O8-3. The smallest absolute Gasteiger partial charge is 0.119 e. The Morgan fingerprint density at radius 3 is 1.15 bits per heavy atom. The molecule has 0 aromatic carbocycles. The van der Waals surface area contributed by atoms with Gasteiger partial charge in [0, 0.05) is 127 Å². The number of carbonyl (C=O) groups is 4. The first kappa shape index (κ1) is 68.6. The van der Waals surface area contributed by atoms with Crippen LogP contribution in [0.2, 0.25) is 0 Å². The molecule has 0 bridgehead atoms. The molecule has 0 rings (SSSR count). The Bertz CT molecular complexity index is 745.